The van der Waals surface area contributed by atoms with Crippen LogP contribution >= 0.6 is 11.6 Å². The van der Waals surface area contributed by atoms with Crippen molar-refractivity contribution in [3.05, 3.63) is 46.2 Å². The summed E-state index contributed by atoms with van der Waals surface area (Å²) in [4.78, 5) is 23.5. The van der Waals surface area contributed by atoms with E-state index in [0.29, 0.717) is 5.02 Å². The van der Waals surface area contributed by atoms with Gasteiger partial charge in [0.05, 0.1) is 12.6 Å². The second-order valence-corrected chi connectivity index (χ2v) is 4.65. The van der Waals surface area contributed by atoms with E-state index >= 15 is 0 Å². The highest BCUT2D eigenvalue weighted by Crippen LogP contribution is 2.30. The van der Waals surface area contributed by atoms with Crippen LogP contribution in [-0.4, -0.2) is 18.7 Å². The standard InChI is InChI=1S/C14H14ClNO4/c1-3-19-13(17)11-8(2)20-14(18)16-12(11)9-4-6-10(15)7-5-9/h4-7,12H,3H2,1-2H3,(H,16,18). The Morgan fingerprint density at radius 2 is 2.05 bits per heavy atom. The summed E-state index contributed by atoms with van der Waals surface area (Å²) in [6, 6.07) is 6.26. The minimum Gasteiger partial charge on any atom is -0.462 e. The lowest BCUT2D eigenvalue weighted by Gasteiger charge is -2.26. The van der Waals surface area contributed by atoms with E-state index in [1.165, 1.54) is 0 Å². The highest BCUT2D eigenvalue weighted by atomic mass is 35.5. The smallest absolute Gasteiger partial charge is 0.413 e. The number of nitrogens with one attached hydrogen (secondary N) is 1. The number of hydrogen-bond acceptors (Lipinski definition) is 4. The SMILES string of the molecule is CCOC(=O)C1=C(C)OC(=O)NC1c1ccc(Cl)cc1. The number of carbonyl (C=O) groups excluding carboxylic acids is 2. The minimum atomic E-state index is -0.604. The number of rotatable bonds is 3. The molecule has 0 aromatic heterocycles. The molecule has 1 aromatic rings. The molecule has 1 aliphatic rings. The van der Waals surface area contributed by atoms with Crippen LogP contribution < -0.4 is 5.32 Å². The van der Waals surface area contributed by atoms with Crippen molar-refractivity contribution < 1.29 is 19.1 Å². The van der Waals surface area contributed by atoms with Crippen molar-refractivity contribution >= 4 is 23.7 Å². The second kappa shape index (κ2) is 5.96. The average Bonchev–Trinajstić information content (AvgIpc) is 2.38. The maximum atomic E-state index is 12.0. The second-order valence-electron chi connectivity index (χ2n) is 4.21. The van der Waals surface area contributed by atoms with Gasteiger partial charge in [-0.25, -0.2) is 9.59 Å². The van der Waals surface area contributed by atoms with Crippen molar-refractivity contribution in [2.75, 3.05) is 6.61 Å². The molecule has 1 aliphatic heterocycles. The van der Waals surface area contributed by atoms with Crippen LogP contribution in [0.2, 0.25) is 5.02 Å². The molecule has 1 heterocycles. The topological polar surface area (TPSA) is 64.6 Å². The number of cyclic esters (lactones) is 1. The first-order chi connectivity index (χ1) is 9.52. The Balaban J connectivity index is 2.41. The van der Waals surface area contributed by atoms with Crippen molar-refractivity contribution in [2.24, 2.45) is 0 Å². The molecule has 2 rings (SSSR count). The maximum absolute atomic E-state index is 12.0. The molecule has 5 nitrogen and oxygen atoms in total. The first kappa shape index (κ1) is 14.4. The monoisotopic (exact) mass is 295 g/mol. The molecule has 1 amide bonds. The van der Waals surface area contributed by atoms with Crippen molar-refractivity contribution in [3.8, 4) is 0 Å². The molecular weight excluding hydrogens is 282 g/mol. The van der Waals surface area contributed by atoms with E-state index in [2.05, 4.69) is 5.32 Å². The third kappa shape index (κ3) is 2.93. The number of esters is 1. The van der Waals surface area contributed by atoms with Gasteiger partial charge in [0.1, 0.15) is 11.3 Å². The van der Waals surface area contributed by atoms with E-state index in [-0.39, 0.29) is 17.9 Å². The van der Waals surface area contributed by atoms with Crippen LogP contribution in [0, 0.1) is 0 Å². The molecule has 6 heteroatoms. The highest BCUT2D eigenvalue weighted by molar-refractivity contribution is 6.30. The van der Waals surface area contributed by atoms with E-state index in [1.54, 1.807) is 38.1 Å². The molecule has 0 spiro atoms. The Labute approximate surface area is 121 Å². The van der Waals surface area contributed by atoms with Gasteiger partial charge in [-0.1, -0.05) is 23.7 Å². The minimum absolute atomic E-state index is 0.243. The van der Waals surface area contributed by atoms with Crippen molar-refractivity contribution in [1.29, 1.82) is 0 Å². The lowest BCUT2D eigenvalue weighted by Crippen LogP contribution is -2.37. The summed E-state index contributed by atoms with van der Waals surface area (Å²) >= 11 is 5.84. The van der Waals surface area contributed by atoms with Crippen LogP contribution in [0.25, 0.3) is 0 Å². The van der Waals surface area contributed by atoms with Gasteiger partial charge in [0.15, 0.2) is 0 Å². The van der Waals surface area contributed by atoms with E-state index < -0.39 is 18.1 Å². The van der Waals surface area contributed by atoms with Gasteiger partial charge in [0, 0.05) is 5.02 Å². The Morgan fingerprint density at radius 3 is 2.65 bits per heavy atom. The van der Waals surface area contributed by atoms with E-state index in [9.17, 15) is 9.59 Å². The van der Waals surface area contributed by atoms with Gasteiger partial charge in [-0.2, -0.15) is 0 Å². The van der Waals surface area contributed by atoms with E-state index in [1.807, 2.05) is 0 Å². The molecule has 0 aliphatic carbocycles. The fraction of sp³-hybridized carbons (Fsp3) is 0.286. The van der Waals surface area contributed by atoms with E-state index in [4.69, 9.17) is 21.1 Å². The Hall–Kier alpha value is -2.01. The van der Waals surface area contributed by atoms with Crippen LogP contribution in [0.4, 0.5) is 4.79 Å². The molecule has 0 radical (unpaired) electrons. The number of benzene rings is 1. The van der Waals surface area contributed by atoms with Gasteiger partial charge >= 0.3 is 12.1 Å². The largest absolute Gasteiger partial charge is 0.462 e. The first-order valence-electron chi connectivity index (χ1n) is 6.14. The lowest BCUT2D eigenvalue weighted by molar-refractivity contribution is -0.139. The molecule has 106 valence electrons. The third-order valence-corrected chi connectivity index (χ3v) is 3.13. The van der Waals surface area contributed by atoms with E-state index in [0.717, 1.165) is 5.56 Å². The van der Waals surface area contributed by atoms with Crippen LogP contribution in [-0.2, 0) is 14.3 Å². The van der Waals surface area contributed by atoms with Crippen LogP contribution in [0.5, 0.6) is 0 Å². The van der Waals surface area contributed by atoms with Gasteiger partial charge < -0.3 is 14.8 Å². The average molecular weight is 296 g/mol. The summed E-state index contributed by atoms with van der Waals surface area (Å²) in [6.07, 6.45) is -0.601. The fourth-order valence-electron chi connectivity index (χ4n) is 1.99. The van der Waals surface area contributed by atoms with Gasteiger partial charge in [-0.3, -0.25) is 0 Å². The molecule has 0 saturated carbocycles. The number of allylic oxidation sites excluding steroid dienone is 1. The number of alkyl carbamates (subject to hydrolysis) is 1. The number of amides is 1. The predicted octanol–water partition coefficient (Wildman–Crippen LogP) is 2.96. The maximum Gasteiger partial charge on any atom is 0.413 e. The zero-order valence-corrected chi connectivity index (χ0v) is 11.9. The Kier molecular flexibility index (Phi) is 4.29. The fourth-order valence-corrected chi connectivity index (χ4v) is 2.12. The molecule has 0 fully saturated rings. The Bertz CT molecular complexity index is 565. The zero-order valence-electron chi connectivity index (χ0n) is 11.1. The summed E-state index contributed by atoms with van der Waals surface area (Å²) in [6.45, 7) is 3.53. The predicted molar refractivity (Wildman–Crippen MR) is 73.1 cm³/mol. The van der Waals surface area contributed by atoms with Crippen LogP contribution in [0.3, 0.4) is 0 Å². The summed E-state index contributed by atoms with van der Waals surface area (Å²) in [5.74, 6) is -0.267. The van der Waals surface area contributed by atoms with Crippen LogP contribution in [0.1, 0.15) is 25.5 Å². The van der Waals surface area contributed by atoms with Gasteiger partial charge in [0.2, 0.25) is 0 Å². The normalized spacial score (nSPS) is 18.4. The molecular formula is C14H14ClNO4. The number of halogens is 1. The lowest BCUT2D eigenvalue weighted by atomic mass is 9.97. The summed E-state index contributed by atoms with van der Waals surface area (Å²) in [7, 11) is 0. The third-order valence-electron chi connectivity index (χ3n) is 2.87. The van der Waals surface area contributed by atoms with Crippen LogP contribution in [0.15, 0.2) is 35.6 Å². The molecule has 1 N–H and O–H groups in total. The highest BCUT2D eigenvalue weighted by Gasteiger charge is 2.33. The van der Waals surface area contributed by atoms with Gasteiger partial charge in [-0.05, 0) is 31.5 Å². The van der Waals surface area contributed by atoms with Gasteiger partial charge in [-0.15, -0.1) is 0 Å². The summed E-state index contributed by atoms with van der Waals surface area (Å²) in [5.41, 5.74) is 1.02. The summed E-state index contributed by atoms with van der Waals surface area (Å²) < 4.78 is 9.95. The quantitative estimate of drug-likeness (QED) is 0.871. The first-order valence-corrected chi connectivity index (χ1v) is 6.52. The molecule has 0 bridgehead atoms. The molecule has 1 atom stereocenters. The molecule has 20 heavy (non-hydrogen) atoms. The molecule has 1 aromatic carbocycles. The number of ether oxygens (including phenoxy) is 2. The van der Waals surface area contributed by atoms with Crippen molar-refractivity contribution in [1.82, 2.24) is 5.32 Å². The van der Waals surface area contributed by atoms with Gasteiger partial charge in [0.25, 0.3) is 0 Å². The molecule has 1 unspecified atom stereocenters. The zero-order chi connectivity index (χ0) is 14.7. The van der Waals surface area contributed by atoms with Crippen molar-refractivity contribution in [2.45, 2.75) is 19.9 Å². The molecule has 0 saturated heterocycles. The van der Waals surface area contributed by atoms with Crippen molar-refractivity contribution in [3.63, 3.8) is 0 Å². The number of carbonyl (C=O) groups is 2. The summed E-state index contributed by atoms with van der Waals surface area (Å²) in [5, 5.41) is 3.18. The number of hydrogen-bond donors (Lipinski definition) is 1. The Morgan fingerprint density at radius 1 is 1.40 bits per heavy atom.